The molecular weight excluding hydrogens is 382 g/mol. The molecule has 1 aromatic heterocycles. The average molecular weight is 395 g/mol. The molecule has 1 unspecified atom stereocenters. The molecule has 5 rings (SSSR count). The first kappa shape index (κ1) is 16.3. The number of carbonyl (C=O) groups is 2. The minimum atomic E-state index is -1.21. The zero-order valence-electron chi connectivity index (χ0n) is 13.9. The molecule has 134 valence electrons. The summed E-state index contributed by atoms with van der Waals surface area (Å²) in [5, 5.41) is 11.4. The summed E-state index contributed by atoms with van der Waals surface area (Å²) < 4.78 is 1.79. The van der Waals surface area contributed by atoms with Crippen molar-refractivity contribution in [1.82, 2.24) is 14.9 Å². The van der Waals surface area contributed by atoms with Crippen LogP contribution in [0, 0.1) is 4.77 Å². The smallest absolute Gasteiger partial charge is 0.267 e. The van der Waals surface area contributed by atoms with Crippen LogP contribution < -0.4 is 10.3 Å². The maximum atomic E-state index is 13.1. The molecule has 2 aliphatic rings. The van der Waals surface area contributed by atoms with Crippen molar-refractivity contribution in [2.24, 2.45) is 0 Å². The van der Waals surface area contributed by atoms with Gasteiger partial charge in [-0.2, -0.15) is 5.10 Å². The number of anilines is 1. The Morgan fingerprint density at radius 3 is 2.63 bits per heavy atom. The summed E-state index contributed by atoms with van der Waals surface area (Å²) in [6, 6.07) is 16.8. The molecule has 0 saturated carbocycles. The number of thioether (sulfide) groups is 1. The number of nitrogens with zero attached hydrogens (tertiary/aromatic N) is 3. The fourth-order valence-corrected chi connectivity index (χ4v) is 5.03. The van der Waals surface area contributed by atoms with E-state index in [1.165, 1.54) is 21.4 Å². The van der Waals surface area contributed by atoms with Gasteiger partial charge in [-0.25, -0.2) is 14.8 Å². The van der Waals surface area contributed by atoms with Crippen molar-refractivity contribution < 1.29 is 9.59 Å². The van der Waals surface area contributed by atoms with E-state index in [0.717, 1.165) is 11.1 Å². The Labute approximate surface area is 163 Å². The summed E-state index contributed by atoms with van der Waals surface area (Å²) in [6.45, 7) is 0. The number of hydrogen-bond donors (Lipinski definition) is 2. The molecule has 3 heterocycles. The fraction of sp³-hybridized carbons (Fsp3) is 0.111. The monoisotopic (exact) mass is 395 g/mol. The average Bonchev–Trinajstić information content (AvgIpc) is 3.31. The quantitative estimate of drug-likeness (QED) is 0.652. The van der Waals surface area contributed by atoms with Gasteiger partial charge in [0.15, 0.2) is 5.82 Å². The SMILES string of the molecule is O=C1CSC2(C(=O)Nc3ccccc32)N1n1c(-c2ccccc2)n[nH]c1=S. The van der Waals surface area contributed by atoms with Crippen LogP contribution in [0.2, 0.25) is 0 Å². The lowest BCUT2D eigenvalue weighted by Crippen LogP contribution is -2.53. The normalized spacial score (nSPS) is 21.0. The molecule has 2 N–H and O–H groups in total. The van der Waals surface area contributed by atoms with Crippen LogP contribution in [0.25, 0.3) is 11.4 Å². The summed E-state index contributed by atoms with van der Waals surface area (Å²) in [5.74, 6) is 0.180. The van der Waals surface area contributed by atoms with Gasteiger partial charge in [0, 0.05) is 16.8 Å². The fourth-order valence-electron chi connectivity index (χ4n) is 3.54. The Bertz CT molecular complexity index is 1140. The Balaban J connectivity index is 1.77. The van der Waals surface area contributed by atoms with Crippen LogP contribution in [0.4, 0.5) is 5.69 Å². The molecule has 27 heavy (non-hydrogen) atoms. The number of amides is 2. The number of aromatic amines is 1. The van der Waals surface area contributed by atoms with Crippen molar-refractivity contribution in [3.8, 4) is 11.4 Å². The first-order valence-corrected chi connectivity index (χ1v) is 9.63. The molecule has 0 bridgehead atoms. The molecule has 2 amide bonds. The number of nitrogens with one attached hydrogen (secondary N) is 2. The standard InChI is InChI=1S/C18H13N5O2S2/c24-14-10-27-18(12-8-4-5-9-13(12)19-16(18)25)23(14)22-15(20-21-17(22)26)11-6-2-1-3-7-11/h1-9H,10H2,(H,19,25)(H,21,26). The van der Waals surface area contributed by atoms with E-state index in [0.29, 0.717) is 11.5 Å². The number of carbonyl (C=O) groups excluding carboxylic acids is 2. The van der Waals surface area contributed by atoms with Gasteiger partial charge >= 0.3 is 0 Å². The lowest BCUT2D eigenvalue weighted by molar-refractivity contribution is -0.123. The molecule has 1 saturated heterocycles. The molecule has 3 aromatic rings. The van der Waals surface area contributed by atoms with Crippen LogP contribution in [0.3, 0.4) is 0 Å². The van der Waals surface area contributed by atoms with Gasteiger partial charge in [0.1, 0.15) is 0 Å². The summed E-state index contributed by atoms with van der Waals surface area (Å²) in [7, 11) is 0. The number of aromatic nitrogens is 3. The highest BCUT2D eigenvalue weighted by Gasteiger charge is 2.59. The number of H-pyrrole nitrogens is 1. The Morgan fingerprint density at radius 1 is 1.07 bits per heavy atom. The summed E-state index contributed by atoms with van der Waals surface area (Å²) >= 11 is 6.71. The lowest BCUT2D eigenvalue weighted by atomic mass is 10.1. The van der Waals surface area contributed by atoms with Gasteiger partial charge in [-0.1, -0.05) is 48.5 Å². The third-order valence-corrected chi connectivity index (χ3v) is 6.32. The van der Waals surface area contributed by atoms with Crippen molar-refractivity contribution >= 4 is 41.5 Å². The molecule has 1 spiro atoms. The third-order valence-electron chi connectivity index (χ3n) is 4.67. The minimum absolute atomic E-state index is 0.170. The summed E-state index contributed by atoms with van der Waals surface area (Å²) in [6.07, 6.45) is 0. The molecule has 1 fully saturated rings. The number of fused-ring (bicyclic) bond motifs is 2. The highest BCUT2D eigenvalue weighted by Crippen LogP contribution is 2.51. The predicted octanol–water partition coefficient (Wildman–Crippen LogP) is 2.62. The van der Waals surface area contributed by atoms with Gasteiger partial charge in [0.25, 0.3) is 11.8 Å². The molecule has 2 aromatic carbocycles. The van der Waals surface area contributed by atoms with E-state index in [1.807, 2.05) is 54.6 Å². The predicted molar refractivity (Wildman–Crippen MR) is 105 cm³/mol. The second kappa shape index (κ2) is 5.80. The van der Waals surface area contributed by atoms with E-state index >= 15 is 0 Å². The number of hydrogen-bond acceptors (Lipinski definition) is 5. The molecule has 1 atom stereocenters. The van der Waals surface area contributed by atoms with Crippen LogP contribution in [0.1, 0.15) is 5.56 Å². The highest BCUT2D eigenvalue weighted by atomic mass is 32.2. The van der Waals surface area contributed by atoms with E-state index in [4.69, 9.17) is 12.2 Å². The Hall–Kier alpha value is -2.91. The van der Waals surface area contributed by atoms with Gasteiger partial charge in [0.2, 0.25) is 9.64 Å². The third kappa shape index (κ3) is 2.15. The maximum Gasteiger partial charge on any atom is 0.267 e. The van der Waals surface area contributed by atoms with Crippen LogP contribution in [-0.2, 0) is 14.5 Å². The summed E-state index contributed by atoms with van der Waals surface area (Å²) in [5.41, 5.74) is 2.23. The van der Waals surface area contributed by atoms with Crippen molar-refractivity contribution in [2.75, 3.05) is 16.1 Å². The van der Waals surface area contributed by atoms with E-state index in [1.54, 1.807) is 0 Å². The zero-order valence-corrected chi connectivity index (χ0v) is 15.5. The van der Waals surface area contributed by atoms with Crippen molar-refractivity contribution in [2.45, 2.75) is 4.87 Å². The van der Waals surface area contributed by atoms with E-state index in [2.05, 4.69) is 15.5 Å². The maximum absolute atomic E-state index is 13.1. The second-order valence-electron chi connectivity index (χ2n) is 6.17. The van der Waals surface area contributed by atoms with Crippen LogP contribution in [-0.4, -0.2) is 32.4 Å². The van der Waals surface area contributed by atoms with Gasteiger partial charge in [0.05, 0.1) is 5.75 Å². The van der Waals surface area contributed by atoms with Crippen molar-refractivity contribution in [3.63, 3.8) is 0 Å². The van der Waals surface area contributed by atoms with Gasteiger partial charge < -0.3 is 5.32 Å². The highest BCUT2D eigenvalue weighted by molar-refractivity contribution is 8.02. The van der Waals surface area contributed by atoms with E-state index in [-0.39, 0.29) is 22.3 Å². The van der Waals surface area contributed by atoms with Gasteiger partial charge in [-0.05, 0) is 18.3 Å². The van der Waals surface area contributed by atoms with Crippen molar-refractivity contribution in [3.05, 3.63) is 64.9 Å². The molecule has 7 nitrogen and oxygen atoms in total. The van der Waals surface area contributed by atoms with Crippen molar-refractivity contribution in [1.29, 1.82) is 0 Å². The number of rotatable bonds is 2. The van der Waals surface area contributed by atoms with E-state index < -0.39 is 4.87 Å². The largest absolute Gasteiger partial charge is 0.322 e. The molecule has 9 heteroatoms. The number of benzene rings is 2. The molecular formula is C18H13N5O2S2. The topological polar surface area (TPSA) is 83.0 Å². The lowest BCUT2D eigenvalue weighted by Gasteiger charge is -2.32. The van der Waals surface area contributed by atoms with Crippen LogP contribution in [0.15, 0.2) is 54.6 Å². The minimum Gasteiger partial charge on any atom is -0.322 e. The van der Waals surface area contributed by atoms with Gasteiger partial charge in [-0.3, -0.25) is 9.59 Å². The van der Waals surface area contributed by atoms with Crippen LogP contribution >= 0.6 is 24.0 Å². The Kier molecular flexibility index (Phi) is 3.49. The zero-order chi connectivity index (χ0) is 18.6. The van der Waals surface area contributed by atoms with Crippen LogP contribution in [0.5, 0.6) is 0 Å². The second-order valence-corrected chi connectivity index (χ2v) is 7.72. The molecule has 2 aliphatic heterocycles. The number of para-hydroxylation sites is 1. The first-order chi connectivity index (χ1) is 13.1. The van der Waals surface area contributed by atoms with Gasteiger partial charge in [-0.15, -0.1) is 11.8 Å². The Morgan fingerprint density at radius 2 is 1.81 bits per heavy atom. The summed E-state index contributed by atoms with van der Waals surface area (Å²) in [4.78, 5) is 24.8. The van der Waals surface area contributed by atoms with E-state index in [9.17, 15) is 9.59 Å². The first-order valence-electron chi connectivity index (χ1n) is 8.24. The molecule has 0 radical (unpaired) electrons. The molecule has 0 aliphatic carbocycles.